The fraction of sp³-hybridized carbons (Fsp3) is 0.636. The lowest BCUT2D eigenvalue weighted by Crippen LogP contribution is -2.32. The van der Waals surface area contributed by atoms with Gasteiger partial charge in [-0.05, 0) is 13.3 Å². The molecule has 0 aliphatic carbocycles. The second-order valence-electron chi connectivity index (χ2n) is 3.92. The second-order valence-corrected chi connectivity index (χ2v) is 3.92. The predicted octanol–water partition coefficient (Wildman–Crippen LogP) is 1.13. The molecule has 1 atom stereocenters. The van der Waals surface area contributed by atoms with E-state index < -0.39 is 0 Å². The molecule has 16 heavy (non-hydrogen) atoms. The maximum atomic E-state index is 5.38. The van der Waals surface area contributed by atoms with Crippen molar-refractivity contribution in [3.05, 3.63) is 12.4 Å². The largest absolute Gasteiger partial charge is 0.379 e. The number of hydrogen-bond acceptors (Lipinski definition) is 5. The first-order valence-corrected chi connectivity index (χ1v) is 5.67. The van der Waals surface area contributed by atoms with Crippen LogP contribution < -0.4 is 10.2 Å². The van der Waals surface area contributed by atoms with E-state index >= 15 is 0 Å². The van der Waals surface area contributed by atoms with Gasteiger partial charge in [-0.1, -0.05) is 0 Å². The Labute approximate surface area is 95.8 Å². The first-order valence-electron chi connectivity index (χ1n) is 5.67. The van der Waals surface area contributed by atoms with Gasteiger partial charge in [-0.15, -0.1) is 0 Å². The Kier molecular flexibility index (Phi) is 3.56. The molecule has 0 radical (unpaired) electrons. The lowest BCUT2D eigenvalue weighted by molar-refractivity contribution is 0.193. The predicted molar refractivity (Wildman–Crippen MR) is 63.8 cm³/mol. The van der Waals surface area contributed by atoms with Gasteiger partial charge in [0.05, 0.1) is 12.6 Å². The van der Waals surface area contributed by atoms with Crippen molar-refractivity contribution in [2.75, 3.05) is 37.0 Å². The molecule has 0 saturated carbocycles. The maximum Gasteiger partial charge on any atom is 0.134 e. The van der Waals surface area contributed by atoms with E-state index in [4.69, 9.17) is 4.74 Å². The number of hydrogen-bond donors (Lipinski definition) is 1. The lowest BCUT2D eigenvalue weighted by Gasteiger charge is -2.24. The van der Waals surface area contributed by atoms with E-state index in [1.165, 1.54) is 0 Å². The average molecular weight is 222 g/mol. The Morgan fingerprint density at radius 3 is 3.12 bits per heavy atom. The van der Waals surface area contributed by atoms with Crippen molar-refractivity contribution in [2.24, 2.45) is 0 Å². The van der Waals surface area contributed by atoms with Crippen molar-refractivity contribution in [3.63, 3.8) is 0 Å². The summed E-state index contributed by atoms with van der Waals surface area (Å²) in [6.07, 6.45) is 2.66. The summed E-state index contributed by atoms with van der Waals surface area (Å²) in [7, 11) is 2.05. The van der Waals surface area contributed by atoms with Gasteiger partial charge in [0.15, 0.2) is 0 Å². The molecule has 1 aromatic heterocycles. The molecule has 1 N–H and O–H groups in total. The molecule has 0 amide bonds. The minimum absolute atomic E-state index is 0.435. The highest BCUT2D eigenvalue weighted by Crippen LogP contribution is 2.19. The average Bonchev–Trinajstić information content (AvgIpc) is 2.82. The summed E-state index contributed by atoms with van der Waals surface area (Å²) in [4.78, 5) is 10.6. The molecular weight excluding hydrogens is 204 g/mol. The Hall–Kier alpha value is -1.36. The Morgan fingerprint density at radius 2 is 2.44 bits per heavy atom. The fourth-order valence-electron chi connectivity index (χ4n) is 1.83. The van der Waals surface area contributed by atoms with E-state index in [-0.39, 0.29) is 0 Å². The monoisotopic (exact) mass is 222 g/mol. The van der Waals surface area contributed by atoms with Gasteiger partial charge in [-0.25, -0.2) is 9.97 Å². The van der Waals surface area contributed by atoms with Crippen LogP contribution in [0.5, 0.6) is 0 Å². The normalized spacial score (nSPS) is 19.8. The van der Waals surface area contributed by atoms with E-state index in [9.17, 15) is 0 Å². The minimum Gasteiger partial charge on any atom is -0.379 e. The Morgan fingerprint density at radius 1 is 1.56 bits per heavy atom. The summed E-state index contributed by atoms with van der Waals surface area (Å²) < 4.78 is 5.38. The zero-order valence-electron chi connectivity index (χ0n) is 9.81. The topological polar surface area (TPSA) is 50.3 Å². The van der Waals surface area contributed by atoms with Crippen LogP contribution >= 0.6 is 0 Å². The van der Waals surface area contributed by atoms with Gasteiger partial charge in [0, 0.05) is 26.3 Å². The molecule has 5 heteroatoms. The summed E-state index contributed by atoms with van der Waals surface area (Å²) >= 11 is 0. The van der Waals surface area contributed by atoms with Gasteiger partial charge in [0.2, 0.25) is 0 Å². The van der Waals surface area contributed by atoms with E-state index in [1.807, 2.05) is 6.07 Å². The van der Waals surface area contributed by atoms with Gasteiger partial charge >= 0.3 is 0 Å². The van der Waals surface area contributed by atoms with Crippen LogP contribution in [0, 0.1) is 0 Å². The summed E-state index contributed by atoms with van der Waals surface area (Å²) in [5.74, 6) is 1.82. The number of ether oxygens (including phenoxy) is 1. The van der Waals surface area contributed by atoms with Gasteiger partial charge in [-0.3, -0.25) is 0 Å². The van der Waals surface area contributed by atoms with Crippen LogP contribution in [0.25, 0.3) is 0 Å². The summed E-state index contributed by atoms with van der Waals surface area (Å²) in [5, 5.41) is 3.18. The zero-order valence-corrected chi connectivity index (χ0v) is 9.81. The van der Waals surface area contributed by atoms with E-state index in [2.05, 4.69) is 34.2 Å². The van der Waals surface area contributed by atoms with Gasteiger partial charge in [0.1, 0.15) is 18.0 Å². The minimum atomic E-state index is 0.435. The van der Waals surface area contributed by atoms with Crippen LogP contribution in [-0.4, -0.2) is 42.8 Å². The molecule has 1 fully saturated rings. The van der Waals surface area contributed by atoms with Crippen LogP contribution in [-0.2, 0) is 4.74 Å². The molecule has 1 saturated heterocycles. The van der Waals surface area contributed by atoms with E-state index in [0.717, 1.165) is 37.8 Å². The molecule has 1 aliphatic heterocycles. The van der Waals surface area contributed by atoms with Gasteiger partial charge in [-0.2, -0.15) is 0 Å². The molecule has 0 aromatic carbocycles. The second kappa shape index (κ2) is 5.12. The molecule has 88 valence electrons. The highest BCUT2D eigenvalue weighted by molar-refractivity contribution is 5.48. The van der Waals surface area contributed by atoms with Crippen LogP contribution in [0.1, 0.15) is 13.3 Å². The zero-order chi connectivity index (χ0) is 11.4. The van der Waals surface area contributed by atoms with Crippen molar-refractivity contribution in [3.8, 4) is 0 Å². The van der Waals surface area contributed by atoms with Crippen LogP contribution in [0.4, 0.5) is 11.6 Å². The van der Waals surface area contributed by atoms with Crippen molar-refractivity contribution >= 4 is 11.6 Å². The van der Waals surface area contributed by atoms with Crippen LogP contribution in [0.15, 0.2) is 12.4 Å². The van der Waals surface area contributed by atoms with Crippen molar-refractivity contribution in [1.82, 2.24) is 9.97 Å². The molecular formula is C11H18N4O. The summed E-state index contributed by atoms with van der Waals surface area (Å²) in [6, 6.07) is 2.41. The lowest BCUT2D eigenvalue weighted by atomic mass is 10.2. The molecule has 5 nitrogen and oxygen atoms in total. The molecule has 0 bridgehead atoms. The maximum absolute atomic E-state index is 5.38. The molecule has 1 aromatic rings. The third-order valence-corrected chi connectivity index (χ3v) is 2.83. The molecule has 2 rings (SSSR count). The highest BCUT2D eigenvalue weighted by atomic mass is 16.5. The SMILES string of the molecule is CCNc1cc(N(C)C2CCOC2)ncn1. The molecule has 2 heterocycles. The van der Waals surface area contributed by atoms with Gasteiger partial charge in [0.25, 0.3) is 0 Å². The van der Waals surface area contributed by atoms with E-state index in [0.29, 0.717) is 6.04 Å². The number of aromatic nitrogens is 2. The Balaban J connectivity index is 2.09. The molecule has 1 aliphatic rings. The first kappa shape index (κ1) is 11.1. The third kappa shape index (κ3) is 2.41. The van der Waals surface area contributed by atoms with Crippen LogP contribution in [0.3, 0.4) is 0 Å². The number of nitrogens with zero attached hydrogens (tertiary/aromatic N) is 3. The summed E-state index contributed by atoms with van der Waals surface area (Å²) in [6.45, 7) is 4.56. The van der Waals surface area contributed by atoms with Gasteiger partial charge < -0.3 is 15.0 Å². The van der Waals surface area contributed by atoms with Crippen molar-refractivity contribution in [2.45, 2.75) is 19.4 Å². The molecule has 1 unspecified atom stereocenters. The summed E-state index contributed by atoms with van der Waals surface area (Å²) in [5.41, 5.74) is 0. The number of rotatable bonds is 4. The van der Waals surface area contributed by atoms with E-state index in [1.54, 1.807) is 6.33 Å². The fourth-order valence-corrected chi connectivity index (χ4v) is 1.83. The quantitative estimate of drug-likeness (QED) is 0.827. The highest BCUT2D eigenvalue weighted by Gasteiger charge is 2.21. The molecule has 0 spiro atoms. The Bertz CT molecular complexity index is 339. The smallest absolute Gasteiger partial charge is 0.134 e. The first-order chi connectivity index (χ1) is 7.81. The van der Waals surface area contributed by atoms with Crippen molar-refractivity contribution < 1.29 is 4.74 Å². The standard InChI is InChI=1S/C11H18N4O/c1-3-12-10-6-11(14-8-13-10)15(2)9-4-5-16-7-9/h6,8-9H,3-5,7H2,1-2H3,(H,12,13,14). The van der Waals surface area contributed by atoms with Crippen molar-refractivity contribution in [1.29, 1.82) is 0 Å². The number of anilines is 2. The number of nitrogens with one attached hydrogen (secondary N) is 1. The third-order valence-electron chi connectivity index (χ3n) is 2.83. The number of likely N-dealkylation sites (N-methyl/N-ethyl adjacent to an activating group) is 1. The van der Waals surface area contributed by atoms with Crippen LogP contribution in [0.2, 0.25) is 0 Å².